The first-order chi connectivity index (χ1) is 6.85. The molecule has 0 heterocycles. The van der Waals surface area contributed by atoms with Crippen molar-refractivity contribution >= 4 is 11.5 Å². The van der Waals surface area contributed by atoms with E-state index in [9.17, 15) is 14.9 Å². The average molecular weight is 208 g/mol. The molecule has 1 rings (SSSR count). The summed E-state index contributed by atoms with van der Waals surface area (Å²) in [4.78, 5) is 21.8. The van der Waals surface area contributed by atoms with Gasteiger partial charge in [-0.15, -0.1) is 0 Å². The molecule has 5 nitrogen and oxygen atoms in total. The van der Waals surface area contributed by atoms with E-state index in [0.717, 1.165) is 0 Å². The Morgan fingerprint density at radius 1 is 1.47 bits per heavy atom. The second kappa shape index (κ2) is 3.68. The third kappa shape index (κ3) is 2.12. The Morgan fingerprint density at radius 2 is 2.07 bits per heavy atom. The molecule has 15 heavy (non-hydrogen) atoms. The second-order valence-corrected chi connectivity index (χ2v) is 3.77. The molecule has 0 aliphatic carbocycles. The van der Waals surface area contributed by atoms with Crippen LogP contribution >= 0.6 is 0 Å². The normalized spacial score (nSPS) is 11.1. The van der Waals surface area contributed by atoms with Gasteiger partial charge in [-0.25, -0.2) is 0 Å². The van der Waals surface area contributed by atoms with Crippen LogP contribution in [-0.4, -0.2) is 16.2 Å². The zero-order valence-electron chi connectivity index (χ0n) is 8.56. The molecule has 0 saturated heterocycles. The number of carbonyl (C=O) groups excluding carboxylic acids is 1. The van der Waals surface area contributed by atoms with Crippen molar-refractivity contribution in [3.8, 4) is 0 Å². The topological polar surface area (TPSA) is 86.2 Å². The third-order valence-corrected chi connectivity index (χ3v) is 2.16. The van der Waals surface area contributed by atoms with Gasteiger partial charge in [0.05, 0.1) is 0 Å². The molecule has 0 fully saturated rings. The number of hydrogen-bond acceptors (Lipinski definition) is 4. The maximum atomic E-state index is 11.8. The summed E-state index contributed by atoms with van der Waals surface area (Å²) in [7, 11) is 0. The number of ketones is 1. The highest BCUT2D eigenvalue weighted by molar-refractivity contribution is 6.02. The number of anilines is 1. The maximum Gasteiger partial charge on any atom is 0.278 e. The number of nitro groups is 1. The second-order valence-electron chi connectivity index (χ2n) is 3.77. The Balaban J connectivity index is 3.10. The molecule has 0 radical (unpaired) electrons. The van der Waals surface area contributed by atoms with Crippen molar-refractivity contribution in [2.45, 2.75) is 19.4 Å². The van der Waals surface area contributed by atoms with E-state index in [2.05, 4.69) is 0 Å². The van der Waals surface area contributed by atoms with Crippen LogP contribution in [0.2, 0.25) is 0 Å². The highest BCUT2D eigenvalue weighted by Crippen LogP contribution is 2.17. The molecule has 0 atom stereocenters. The molecular weight excluding hydrogens is 196 g/mol. The van der Waals surface area contributed by atoms with Crippen LogP contribution in [-0.2, 0) is 0 Å². The first-order valence-electron chi connectivity index (χ1n) is 4.40. The minimum Gasteiger partial charge on any atom is -0.399 e. The predicted octanol–water partition coefficient (Wildman–Crippen LogP) is 1.51. The molecule has 0 amide bonds. The largest absolute Gasteiger partial charge is 0.399 e. The molecule has 2 N–H and O–H groups in total. The maximum absolute atomic E-state index is 11.8. The van der Waals surface area contributed by atoms with Crippen molar-refractivity contribution in [3.63, 3.8) is 0 Å². The van der Waals surface area contributed by atoms with Crippen LogP contribution < -0.4 is 5.73 Å². The molecule has 80 valence electrons. The van der Waals surface area contributed by atoms with Crippen LogP contribution in [0.5, 0.6) is 0 Å². The van der Waals surface area contributed by atoms with E-state index in [0.29, 0.717) is 5.69 Å². The molecule has 0 aliphatic heterocycles. The van der Waals surface area contributed by atoms with Gasteiger partial charge in [-0.1, -0.05) is 12.1 Å². The zero-order chi connectivity index (χ0) is 11.6. The fraction of sp³-hybridized carbons (Fsp3) is 0.300. The van der Waals surface area contributed by atoms with Crippen LogP contribution in [0.4, 0.5) is 5.69 Å². The SMILES string of the molecule is CC(C)(C(=O)c1cccc(N)c1)[N+](=O)[O-]. The monoisotopic (exact) mass is 208 g/mol. The fourth-order valence-electron chi connectivity index (χ4n) is 1.12. The number of nitrogens with zero attached hydrogens (tertiary/aromatic N) is 1. The number of Topliss-reactive ketones (excluding diaryl/α,β-unsaturated/α-hetero) is 1. The van der Waals surface area contributed by atoms with E-state index >= 15 is 0 Å². The third-order valence-electron chi connectivity index (χ3n) is 2.16. The summed E-state index contributed by atoms with van der Waals surface area (Å²) < 4.78 is 0. The Morgan fingerprint density at radius 3 is 2.53 bits per heavy atom. The molecule has 1 aromatic rings. The lowest BCUT2D eigenvalue weighted by molar-refractivity contribution is -0.540. The van der Waals surface area contributed by atoms with E-state index in [4.69, 9.17) is 5.73 Å². The average Bonchev–Trinajstić information content (AvgIpc) is 2.16. The Hall–Kier alpha value is -1.91. The zero-order valence-corrected chi connectivity index (χ0v) is 8.56. The Bertz CT molecular complexity index is 413. The van der Waals surface area contributed by atoms with Gasteiger partial charge < -0.3 is 5.73 Å². The van der Waals surface area contributed by atoms with Gasteiger partial charge >= 0.3 is 0 Å². The number of carbonyl (C=O) groups is 1. The molecule has 0 aromatic heterocycles. The quantitative estimate of drug-likeness (QED) is 0.353. The van der Waals surface area contributed by atoms with Gasteiger partial charge in [-0.05, 0) is 12.1 Å². The van der Waals surface area contributed by atoms with E-state index in [-0.39, 0.29) is 5.56 Å². The van der Waals surface area contributed by atoms with Crippen LogP contribution in [0.25, 0.3) is 0 Å². The molecule has 0 saturated carbocycles. The highest BCUT2D eigenvalue weighted by Gasteiger charge is 2.40. The molecule has 0 bridgehead atoms. The van der Waals surface area contributed by atoms with Crippen molar-refractivity contribution in [2.24, 2.45) is 0 Å². The van der Waals surface area contributed by atoms with Crippen molar-refractivity contribution in [3.05, 3.63) is 39.9 Å². The fourth-order valence-corrected chi connectivity index (χ4v) is 1.12. The lowest BCUT2D eigenvalue weighted by atomic mass is 9.94. The first kappa shape index (κ1) is 11.2. The summed E-state index contributed by atoms with van der Waals surface area (Å²) in [6.07, 6.45) is 0. The molecule has 0 unspecified atom stereocenters. The summed E-state index contributed by atoms with van der Waals surface area (Å²) in [5, 5.41) is 10.7. The summed E-state index contributed by atoms with van der Waals surface area (Å²) in [5.74, 6) is -0.542. The molecule has 5 heteroatoms. The summed E-state index contributed by atoms with van der Waals surface area (Å²) >= 11 is 0. The van der Waals surface area contributed by atoms with Crippen molar-refractivity contribution in [1.82, 2.24) is 0 Å². The van der Waals surface area contributed by atoms with Gasteiger partial charge in [-0.3, -0.25) is 14.9 Å². The number of nitrogens with two attached hydrogens (primary N) is 1. The molecule has 0 spiro atoms. The van der Waals surface area contributed by atoms with Crippen LogP contribution in [0, 0.1) is 10.1 Å². The number of nitrogen functional groups attached to an aromatic ring is 1. The number of hydrogen-bond donors (Lipinski definition) is 1. The van der Waals surface area contributed by atoms with E-state index < -0.39 is 16.2 Å². The minimum absolute atomic E-state index is 0.261. The predicted molar refractivity (Wildman–Crippen MR) is 56.3 cm³/mol. The van der Waals surface area contributed by atoms with Gasteiger partial charge in [0.1, 0.15) is 0 Å². The van der Waals surface area contributed by atoms with E-state index in [1.807, 2.05) is 0 Å². The number of benzene rings is 1. The molecular formula is C10H12N2O3. The van der Waals surface area contributed by atoms with Gasteiger partial charge in [0.2, 0.25) is 5.78 Å². The first-order valence-corrected chi connectivity index (χ1v) is 4.40. The van der Waals surface area contributed by atoms with Gasteiger partial charge in [0, 0.05) is 30.0 Å². The van der Waals surface area contributed by atoms with Crippen molar-refractivity contribution in [2.75, 3.05) is 5.73 Å². The standard InChI is InChI=1S/C10H12N2O3/c1-10(2,12(14)15)9(13)7-4-3-5-8(11)6-7/h3-6H,11H2,1-2H3. The molecule has 0 aliphatic rings. The van der Waals surface area contributed by atoms with Crippen LogP contribution in [0.3, 0.4) is 0 Å². The van der Waals surface area contributed by atoms with Gasteiger partial charge in [-0.2, -0.15) is 0 Å². The highest BCUT2D eigenvalue weighted by atomic mass is 16.6. The van der Waals surface area contributed by atoms with E-state index in [1.54, 1.807) is 12.1 Å². The van der Waals surface area contributed by atoms with Gasteiger partial charge in [0.25, 0.3) is 5.54 Å². The smallest absolute Gasteiger partial charge is 0.278 e. The summed E-state index contributed by atoms with van der Waals surface area (Å²) in [6.45, 7) is 2.55. The summed E-state index contributed by atoms with van der Waals surface area (Å²) in [5.41, 5.74) is 4.55. The van der Waals surface area contributed by atoms with Crippen molar-refractivity contribution < 1.29 is 9.72 Å². The van der Waals surface area contributed by atoms with E-state index in [1.165, 1.54) is 26.0 Å². The minimum atomic E-state index is -1.62. The van der Waals surface area contributed by atoms with Crippen molar-refractivity contribution in [1.29, 1.82) is 0 Å². The Kier molecular flexibility index (Phi) is 2.74. The summed E-state index contributed by atoms with van der Waals surface area (Å²) in [6, 6.07) is 6.17. The van der Waals surface area contributed by atoms with Gasteiger partial charge in [0.15, 0.2) is 0 Å². The van der Waals surface area contributed by atoms with Crippen LogP contribution in [0.1, 0.15) is 24.2 Å². The lowest BCUT2D eigenvalue weighted by Gasteiger charge is -2.13. The molecule has 1 aromatic carbocycles. The lowest BCUT2D eigenvalue weighted by Crippen LogP contribution is -2.40. The number of rotatable bonds is 3. The van der Waals surface area contributed by atoms with Crippen LogP contribution in [0.15, 0.2) is 24.3 Å². The Labute approximate surface area is 87.0 Å².